The molecule has 1 fully saturated rings. The van der Waals surface area contributed by atoms with Crippen molar-refractivity contribution in [3.8, 4) is 0 Å². The summed E-state index contributed by atoms with van der Waals surface area (Å²) in [5.74, 6) is 0.910. The summed E-state index contributed by atoms with van der Waals surface area (Å²) in [6.45, 7) is 9.28. The standard InChI is InChI=1S/C7H14S/c1-5-6(2)8-7(5,3)4/h5-6H,1-4H3. The van der Waals surface area contributed by atoms with Crippen molar-refractivity contribution in [3.63, 3.8) is 0 Å². The molecule has 0 spiro atoms. The zero-order valence-electron chi connectivity index (χ0n) is 6.06. The SMILES string of the molecule is CC1SC(C)(C)C1C. The van der Waals surface area contributed by atoms with Crippen LogP contribution in [-0.2, 0) is 0 Å². The Balaban J connectivity index is 2.47. The van der Waals surface area contributed by atoms with Crippen LogP contribution in [0.5, 0.6) is 0 Å². The molecule has 0 aliphatic carbocycles. The summed E-state index contributed by atoms with van der Waals surface area (Å²) in [4.78, 5) is 0. The van der Waals surface area contributed by atoms with Crippen LogP contribution in [0.3, 0.4) is 0 Å². The average molecular weight is 130 g/mol. The van der Waals surface area contributed by atoms with Gasteiger partial charge in [0.25, 0.3) is 0 Å². The highest BCUT2D eigenvalue weighted by atomic mass is 32.2. The van der Waals surface area contributed by atoms with Crippen molar-refractivity contribution in [1.29, 1.82) is 0 Å². The molecule has 1 saturated heterocycles. The average Bonchev–Trinajstić information content (AvgIpc) is 1.65. The third kappa shape index (κ3) is 0.771. The largest absolute Gasteiger partial charge is 0.152 e. The van der Waals surface area contributed by atoms with Crippen LogP contribution in [-0.4, -0.2) is 10.00 Å². The Morgan fingerprint density at radius 1 is 1.25 bits per heavy atom. The third-order valence-corrected chi connectivity index (χ3v) is 4.05. The minimum atomic E-state index is 0.569. The highest BCUT2D eigenvalue weighted by Crippen LogP contribution is 2.50. The van der Waals surface area contributed by atoms with Gasteiger partial charge >= 0.3 is 0 Å². The predicted octanol–water partition coefficient (Wildman–Crippen LogP) is 2.54. The molecule has 0 nitrogen and oxygen atoms in total. The molecule has 1 rings (SSSR count). The van der Waals surface area contributed by atoms with E-state index in [1.807, 2.05) is 0 Å². The molecule has 0 N–H and O–H groups in total. The number of hydrogen-bond acceptors (Lipinski definition) is 1. The van der Waals surface area contributed by atoms with Gasteiger partial charge in [0.15, 0.2) is 0 Å². The highest BCUT2D eigenvalue weighted by Gasteiger charge is 2.41. The van der Waals surface area contributed by atoms with Gasteiger partial charge in [-0.25, -0.2) is 0 Å². The molecular weight excluding hydrogens is 116 g/mol. The second-order valence-corrected chi connectivity index (χ2v) is 5.25. The Kier molecular flexibility index (Phi) is 1.34. The van der Waals surface area contributed by atoms with Gasteiger partial charge in [-0.2, -0.15) is 11.8 Å². The van der Waals surface area contributed by atoms with E-state index in [-0.39, 0.29) is 0 Å². The molecule has 1 heterocycles. The maximum atomic E-state index is 2.33. The molecule has 1 aliphatic heterocycles. The van der Waals surface area contributed by atoms with Gasteiger partial charge in [-0.3, -0.25) is 0 Å². The highest BCUT2D eigenvalue weighted by molar-refractivity contribution is 8.02. The van der Waals surface area contributed by atoms with Crippen LogP contribution >= 0.6 is 11.8 Å². The molecule has 1 aliphatic rings. The lowest BCUT2D eigenvalue weighted by atomic mass is 9.92. The quantitative estimate of drug-likeness (QED) is 0.485. The summed E-state index contributed by atoms with van der Waals surface area (Å²) in [7, 11) is 0. The van der Waals surface area contributed by atoms with Crippen molar-refractivity contribution in [1.82, 2.24) is 0 Å². The Hall–Kier alpha value is 0.350. The van der Waals surface area contributed by atoms with Crippen molar-refractivity contribution in [2.24, 2.45) is 5.92 Å². The molecule has 0 amide bonds. The third-order valence-electron chi connectivity index (χ3n) is 2.29. The molecule has 0 bridgehead atoms. The molecule has 2 unspecified atom stereocenters. The molecule has 0 saturated carbocycles. The molecule has 0 aromatic carbocycles. The molecule has 2 atom stereocenters. The van der Waals surface area contributed by atoms with E-state index in [0.717, 1.165) is 11.2 Å². The topological polar surface area (TPSA) is 0 Å². The van der Waals surface area contributed by atoms with Gasteiger partial charge in [-0.1, -0.05) is 27.7 Å². The van der Waals surface area contributed by atoms with Crippen LogP contribution in [0.4, 0.5) is 0 Å². The van der Waals surface area contributed by atoms with Crippen LogP contribution in [0.2, 0.25) is 0 Å². The van der Waals surface area contributed by atoms with Crippen molar-refractivity contribution in [3.05, 3.63) is 0 Å². The monoisotopic (exact) mass is 130 g/mol. The van der Waals surface area contributed by atoms with E-state index in [9.17, 15) is 0 Å². The van der Waals surface area contributed by atoms with Crippen LogP contribution in [0, 0.1) is 5.92 Å². The molecule has 1 heteroatoms. The lowest BCUT2D eigenvalue weighted by molar-refractivity contribution is 0.410. The van der Waals surface area contributed by atoms with Gasteiger partial charge in [-0.05, 0) is 5.92 Å². The van der Waals surface area contributed by atoms with Crippen molar-refractivity contribution >= 4 is 11.8 Å². The first-order valence-corrected chi connectivity index (χ1v) is 4.10. The van der Waals surface area contributed by atoms with Gasteiger partial charge < -0.3 is 0 Å². The first-order chi connectivity index (χ1) is 3.54. The van der Waals surface area contributed by atoms with E-state index >= 15 is 0 Å². The fraction of sp³-hybridized carbons (Fsp3) is 1.00. The van der Waals surface area contributed by atoms with E-state index in [0.29, 0.717) is 4.75 Å². The van der Waals surface area contributed by atoms with E-state index < -0.39 is 0 Å². The minimum absolute atomic E-state index is 0.569. The van der Waals surface area contributed by atoms with E-state index in [2.05, 4.69) is 39.5 Å². The summed E-state index contributed by atoms with van der Waals surface area (Å²) in [6.07, 6.45) is 0. The summed E-state index contributed by atoms with van der Waals surface area (Å²) >= 11 is 2.09. The maximum Gasteiger partial charge on any atom is 0.0142 e. The molecule has 48 valence electrons. The van der Waals surface area contributed by atoms with Crippen LogP contribution in [0.1, 0.15) is 27.7 Å². The summed E-state index contributed by atoms with van der Waals surface area (Å²) in [6, 6.07) is 0. The first-order valence-electron chi connectivity index (χ1n) is 3.22. The number of rotatable bonds is 0. The lowest BCUT2D eigenvalue weighted by Gasteiger charge is -2.47. The van der Waals surface area contributed by atoms with Gasteiger partial charge in [0.2, 0.25) is 0 Å². The van der Waals surface area contributed by atoms with E-state index in [1.54, 1.807) is 0 Å². The van der Waals surface area contributed by atoms with Gasteiger partial charge in [-0.15, -0.1) is 0 Å². The Morgan fingerprint density at radius 2 is 1.75 bits per heavy atom. The van der Waals surface area contributed by atoms with Crippen LogP contribution < -0.4 is 0 Å². The second kappa shape index (κ2) is 1.66. The van der Waals surface area contributed by atoms with Gasteiger partial charge in [0, 0.05) is 10.00 Å². The van der Waals surface area contributed by atoms with E-state index in [4.69, 9.17) is 0 Å². The van der Waals surface area contributed by atoms with Gasteiger partial charge in [0.1, 0.15) is 0 Å². The predicted molar refractivity (Wildman–Crippen MR) is 40.3 cm³/mol. The normalized spacial score (nSPS) is 43.5. The summed E-state index contributed by atoms with van der Waals surface area (Å²) in [5.41, 5.74) is 0. The zero-order valence-corrected chi connectivity index (χ0v) is 6.88. The Labute approximate surface area is 56.0 Å². The maximum absolute atomic E-state index is 2.33. The van der Waals surface area contributed by atoms with Crippen LogP contribution in [0.15, 0.2) is 0 Å². The molecule has 0 aromatic rings. The summed E-state index contributed by atoms with van der Waals surface area (Å²) < 4.78 is 0.569. The Morgan fingerprint density at radius 3 is 1.75 bits per heavy atom. The summed E-state index contributed by atoms with van der Waals surface area (Å²) in [5, 5.41) is 0.894. The van der Waals surface area contributed by atoms with E-state index in [1.165, 1.54) is 0 Å². The molecule has 0 radical (unpaired) electrons. The number of thioether (sulfide) groups is 1. The van der Waals surface area contributed by atoms with Crippen LogP contribution in [0.25, 0.3) is 0 Å². The molecule has 8 heavy (non-hydrogen) atoms. The minimum Gasteiger partial charge on any atom is -0.152 e. The smallest absolute Gasteiger partial charge is 0.0142 e. The van der Waals surface area contributed by atoms with Crippen molar-refractivity contribution in [2.45, 2.75) is 37.7 Å². The fourth-order valence-corrected chi connectivity index (χ4v) is 2.88. The second-order valence-electron chi connectivity index (χ2n) is 3.22. The lowest BCUT2D eigenvalue weighted by Crippen LogP contribution is -2.43. The molecular formula is C7H14S. The van der Waals surface area contributed by atoms with Crippen molar-refractivity contribution < 1.29 is 0 Å². The first kappa shape index (κ1) is 6.47. The number of hydrogen-bond donors (Lipinski definition) is 0. The zero-order chi connectivity index (χ0) is 6.36. The fourth-order valence-electron chi connectivity index (χ4n) is 1.18. The molecule has 0 aromatic heterocycles. The van der Waals surface area contributed by atoms with Crippen molar-refractivity contribution in [2.75, 3.05) is 0 Å². The van der Waals surface area contributed by atoms with Gasteiger partial charge in [0.05, 0.1) is 0 Å². The Bertz CT molecular complexity index is 96.6.